The van der Waals surface area contributed by atoms with Gasteiger partial charge in [-0.2, -0.15) is 0 Å². The molecule has 0 spiro atoms. The van der Waals surface area contributed by atoms with Crippen molar-refractivity contribution >= 4 is 16.8 Å². The fraction of sp³-hybridized carbons (Fsp3) is 0.0714. The first kappa shape index (κ1) is 11.4. The number of carbonyl (C=O) groups is 1. The predicted molar refractivity (Wildman–Crippen MR) is 70.1 cm³/mol. The molecule has 0 aliphatic rings. The Balaban J connectivity index is 1.73. The van der Waals surface area contributed by atoms with Crippen LogP contribution in [-0.2, 0) is 0 Å². The van der Waals surface area contributed by atoms with Gasteiger partial charge in [-0.3, -0.25) is 14.3 Å². The molecular weight excluding hydrogens is 242 g/mol. The van der Waals surface area contributed by atoms with E-state index in [4.69, 9.17) is 4.74 Å². The van der Waals surface area contributed by atoms with Gasteiger partial charge in [-0.25, -0.2) is 4.98 Å². The molecule has 2 heterocycles. The summed E-state index contributed by atoms with van der Waals surface area (Å²) in [5, 5.41) is 0.982. The predicted octanol–water partition coefficient (Wildman–Crippen LogP) is 2.15. The van der Waals surface area contributed by atoms with E-state index in [-0.39, 0.29) is 12.5 Å². The number of ether oxygens (including phenoxy) is 1. The summed E-state index contributed by atoms with van der Waals surface area (Å²) in [6.07, 6.45) is 6.34. The Morgan fingerprint density at radius 3 is 3.05 bits per heavy atom. The van der Waals surface area contributed by atoms with Gasteiger partial charge in [0.25, 0.3) is 5.91 Å². The van der Waals surface area contributed by atoms with Gasteiger partial charge in [0, 0.05) is 24.0 Å². The fourth-order valence-electron chi connectivity index (χ4n) is 1.77. The van der Waals surface area contributed by atoms with Crippen LogP contribution >= 0.6 is 0 Å². The second-order valence-electron chi connectivity index (χ2n) is 4.01. The molecule has 19 heavy (non-hydrogen) atoms. The molecule has 3 rings (SSSR count). The molecule has 0 radical (unpaired) electrons. The Labute approximate surface area is 109 Å². The summed E-state index contributed by atoms with van der Waals surface area (Å²) in [4.78, 5) is 19.8. The van der Waals surface area contributed by atoms with Crippen molar-refractivity contribution in [1.82, 2.24) is 14.5 Å². The average Bonchev–Trinajstić information content (AvgIpc) is 2.99. The lowest BCUT2D eigenvalue weighted by molar-refractivity contribution is 0.0837. The van der Waals surface area contributed by atoms with Gasteiger partial charge in [0.15, 0.2) is 6.61 Å². The van der Waals surface area contributed by atoms with Crippen LogP contribution in [-0.4, -0.2) is 27.0 Å². The molecule has 0 saturated heterocycles. The van der Waals surface area contributed by atoms with Crippen molar-refractivity contribution < 1.29 is 9.53 Å². The molecule has 5 heteroatoms. The number of carbonyl (C=O) groups excluding carboxylic acids is 1. The van der Waals surface area contributed by atoms with Crippen LogP contribution in [0.25, 0.3) is 10.9 Å². The Kier molecular flexibility index (Phi) is 2.94. The van der Waals surface area contributed by atoms with Crippen molar-refractivity contribution in [2.45, 2.75) is 0 Å². The Morgan fingerprint density at radius 2 is 2.21 bits per heavy atom. The molecule has 1 aromatic carbocycles. The Hall–Kier alpha value is -2.69. The zero-order valence-corrected chi connectivity index (χ0v) is 10.1. The normalized spacial score (nSPS) is 10.5. The topological polar surface area (TPSA) is 57.0 Å². The maximum atomic E-state index is 11.7. The molecule has 3 aromatic rings. The number of hydrogen-bond acceptors (Lipinski definition) is 4. The third-order valence-corrected chi connectivity index (χ3v) is 2.73. The molecule has 0 aliphatic carbocycles. The number of hydrogen-bond donors (Lipinski definition) is 0. The van der Waals surface area contributed by atoms with E-state index in [2.05, 4.69) is 9.97 Å². The number of rotatable bonds is 3. The molecule has 0 bridgehead atoms. The summed E-state index contributed by atoms with van der Waals surface area (Å²) in [6.45, 7) is -0.0257. The van der Waals surface area contributed by atoms with Crippen LogP contribution in [0.5, 0.6) is 5.75 Å². The standard InChI is InChI=1S/C14H11N3O2/c18-14(17-7-6-15-10-17)9-19-12-3-4-13-11(8-12)2-1-5-16-13/h1-8,10H,9H2. The molecule has 0 fully saturated rings. The highest BCUT2D eigenvalue weighted by Crippen LogP contribution is 2.18. The zero-order valence-electron chi connectivity index (χ0n) is 10.1. The SMILES string of the molecule is O=C(COc1ccc2ncccc2c1)n1ccnc1. The number of imidazole rings is 1. The highest BCUT2D eigenvalue weighted by Gasteiger charge is 2.05. The van der Waals surface area contributed by atoms with Gasteiger partial charge in [0.1, 0.15) is 12.1 Å². The van der Waals surface area contributed by atoms with Gasteiger partial charge in [-0.15, -0.1) is 0 Å². The van der Waals surface area contributed by atoms with Crippen molar-refractivity contribution in [2.24, 2.45) is 0 Å². The van der Waals surface area contributed by atoms with Gasteiger partial charge in [-0.05, 0) is 24.3 Å². The van der Waals surface area contributed by atoms with Crippen molar-refractivity contribution in [3.8, 4) is 5.75 Å². The van der Waals surface area contributed by atoms with Crippen molar-refractivity contribution in [1.29, 1.82) is 0 Å². The van der Waals surface area contributed by atoms with E-state index in [1.807, 2.05) is 24.3 Å². The summed E-state index contributed by atoms with van der Waals surface area (Å²) in [7, 11) is 0. The minimum absolute atomic E-state index is 0.0257. The van der Waals surface area contributed by atoms with Crippen molar-refractivity contribution in [3.05, 3.63) is 55.2 Å². The van der Waals surface area contributed by atoms with Crippen LogP contribution < -0.4 is 4.74 Å². The number of pyridine rings is 1. The first-order valence-corrected chi connectivity index (χ1v) is 5.82. The quantitative estimate of drug-likeness (QED) is 0.717. The molecule has 0 atom stereocenters. The number of benzene rings is 1. The second kappa shape index (κ2) is 4.89. The largest absolute Gasteiger partial charge is 0.484 e. The molecule has 0 unspecified atom stereocenters. The molecule has 5 nitrogen and oxygen atoms in total. The van der Waals surface area contributed by atoms with Crippen LogP contribution in [0.3, 0.4) is 0 Å². The number of fused-ring (bicyclic) bond motifs is 1. The maximum absolute atomic E-state index is 11.7. The Morgan fingerprint density at radius 1 is 1.26 bits per heavy atom. The van der Waals surface area contributed by atoms with Crippen LogP contribution in [0.2, 0.25) is 0 Å². The summed E-state index contributed by atoms with van der Waals surface area (Å²) >= 11 is 0. The van der Waals surface area contributed by atoms with Gasteiger partial charge >= 0.3 is 0 Å². The van der Waals surface area contributed by atoms with E-state index in [1.165, 1.54) is 10.9 Å². The fourth-order valence-corrected chi connectivity index (χ4v) is 1.77. The molecule has 94 valence electrons. The van der Waals surface area contributed by atoms with E-state index in [0.717, 1.165) is 10.9 Å². The van der Waals surface area contributed by atoms with Gasteiger partial charge in [0.2, 0.25) is 0 Å². The summed E-state index contributed by atoms with van der Waals surface area (Å²) < 4.78 is 6.87. The molecule has 0 N–H and O–H groups in total. The monoisotopic (exact) mass is 253 g/mol. The van der Waals surface area contributed by atoms with Gasteiger partial charge in [-0.1, -0.05) is 6.07 Å². The van der Waals surface area contributed by atoms with Crippen LogP contribution in [0.1, 0.15) is 4.79 Å². The molecular formula is C14H11N3O2. The molecule has 2 aromatic heterocycles. The summed E-state index contributed by atoms with van der Waals surface area (Å²) in [6, 6.07) is 9.35. The highest BCUT2D eigenvalue weighted by atomic mass is 16.5. The molecule has 0 amide bonds. The van der Waals surface area contributed by atoms with E-state index < -0.39 is 0 Å². The lowest BCUT2D eigenvalue weighted by Gasteiger charge is -2.06. The lowest BCUT2D eigenvalue weighted by Crippen LogP contribution is -2.17. The van der Waals surface area contributed by atoms with E-state index >= 15 is 0 Å². The maximum Gasteiger partial charge on any atom is 0.269 e. The van der Waals surface area contributed by atoms with Crippen LogP contribution in [0.4, 0.5) is 0 Å². The summed E-state index contributed by atoms with van der Waals surface area (Å²) in [5.74, 6) is 0.484. The van der Waals surface area contributed by atoms with E-state index in [9.17, 15) is 4.79 Å². The second-order valence-corrected chi connectivity index (χ2v) is 4.01. The minimum atomic E-state index is -0.163. The van der Waals surface area contributed by atoms with Crippen LogP contribution in [0, 0.1) is 0 Å². The van der Waals surface area contributed by atoms with Crippen molar-refractivity contribution in [3.63, 3.8) is 0 Å². The molecule has 0 saturated carbocycles. The minimum Gasteiger partial charge on any atom is -0.484 e. The van der Waals surface area contributed by atoms with E-state index in [0.29, 0.717) is 5.75 Å². The zero-order chi connectivity index (χ0) is 13.1. The smallest absolute Gasteiger partial charge is 0.269 e. The number of nitrogens with zero attached hydrogens (tertiary/aromatic N) is 3. The third-order valence-electron chi connectivity index (χ3n) is 2.73. The van der Waals surface area contributed by atoms with Gasteiger partial charge < -0.3 is 4.74 Å². The average molecular weight is 253 g/mol. The Bertz CT molecular complexity index is 708. The number of aromatic nitrogens is 3. The van der Waals surface area contributed by atoms with Crippen LogP contribution in [0.15, 0.2) is 55.2 Å². The van der Waals surface area contributed by atoms with E-state index in [1.54, 1.807) is 24.7 Å². The molecule has 0 aliphatic heterocycles. The lowest BCUT2D eigenvalue weighted by atomic mass is 10.2. The van der Waals surface area contributed by atoms with Crippen molar-refractivity contribution in [2.75, 3.05) is 6.61 Å². The first-order chi connectivity index (χ1) is 9.33. The highest BCUT2D eigenvalue weighted by molar-refractivity contribution is 5.81. The van der Waals surface area contributed by atoms with Gasteiger partial charge in [0.05, 0.1) is 5.52 Å². The first-order valence-electron chi connectivity index (χ1n) is 5.82. The summed E-state index contributed by atoms with van der Waals surface area (Å²) in [5.41, 5.74) is 0.899. The third kappa shape index (κ3) is 2.44.